The van der Waals surface area contributed by atoms with Crippen LogP contribution in [0.3, 0.4) is 0 Å². The minimum atomic E-state index is -0.841. The van der Waals surface area contributed by atoms with E-state index in [4.69, 9.17) is 10.5 Å². The molecular formula is C14H15FN2O2. The molecule has 4 nitrogen and oxygen atoms in total. The molecular weight excluding hydrogens is 247 g/mol. The third-order valence-corrected chi connectivity index (χ3v) is 2.92. The number of methoxy groups -OCH3 is 1. The maximum absolute atomic E-state index is 13.6. The fourth-order valence-electron chi connectivity index (χ4n) is 1.82. The van der Waals surface area contributed by atoms with E-state index in [1.165, 1.54) is 19.2 Å². The van der Waals surface area contributed by atoms with Crippen LogP contribution in [0, 0.1) is 5.82 Å². The van der Waals surface area contributed by atoms with Crippen LogP contribution in [0.15, 0.2) is 36.7 Å². The number of ether oxygens (including phenoxy) is 1. The maximum Gasteiger partial charge on any atom is 0.165 e. The Morgan fingerprint density at radius 3 is 2.84 bits per heavy atom. The molecule has 0 saturated heterocycles. The number of halogens is 1. The number of aromatic nitrogens is 1. The van der Waals surface area contributed by atoms with Gasteiger partial charge in [0.25, 0.3) is 0 Å². The average molecular weight is 262 g/mol. The van der Waals surface area contributed by atoms with E-state index >= 15 is 0 Å². The lowest BCUT2D eigenvalue weighted by Crippen LogP contribution is -2.05. The molecule has 0 bridgehead atoms. The first-order valence-corrected chi connectivity index (χ1v) is 5.81. The number of nitrogens with zero attached hydrogens (tertiary/aromatic N) is 1. The van der Waals surface area contributed by atoms with Gasteiger partial charge < -0.3 is 15.6 Å². The number of nitrogens with two attached hydrogens (primary N) is 1. The Hall–Kier alpha value is -2.14. The number of aliphatic hydroxyl groups excluding tert-OH is 1. The third-order valence-electron chi connectivity index (χ3n) is 2.92. The molecule has 19 heavy (non-hydrogen) atoms. The second-order valence-electron chi connectivity index (χ2n) is 4.19. The van der Waals surface area contributed by atoms with E-state index in [1.54, 1.807) is 24.5 Å². The van der Waals surface area contributed by atoms with Gasteiger partial charge in [0.15, 0.2) is 11.6 Å². The number of nitrogen functional groups attached to an aromatic ring is 1. The van der Waals surface area contributed by atoms with Gasteiger partial charge in [-0.05, 0) is 29.3 Å². The smallest absolute Gasteiger partial charge is 0.165 e. The van der Waals surface area contributed by atoms with E-state index in [0.29, 0.717) is 11.3 Å². The highest BCUT2D eigenvalue weighted by atomic mass is 19.1. The molecule has 100 valence electrons. The van der Waals surface area contributed by atoms with Gasteiger partial charge in [0.2, 0.25) is 0 Å². The van der Waals surface area contributed by atoms with Crippen molar-refractivity contribution < 1.29 is 14.2 Å². The normalized spacial score (nSPS) is 12.2. The topological polar surface area (TPSA) is 68.4 Å². The molecule has 0 aliphatic carbocycles. The fourth-order valence-corrected chi connectivity index (χ4v) is 1.82. The predicted molar refractivity (Wildman–Crippen MR) is 70.3 cm³/mol. The Labute approximate surface area is 110 Å². The van der Waals surface area contributed by atoms with Crippen molar-refractivity contribution in [2.24, 2.45) is 0 Å². The SMILES string of the molecule is COc1ccc(C(O)Cc2cnccc2N)cc1F. The summed E-state index contributed by atoms with van der Waals surface area (Å²) in [7, 11) is 1.39. The van der Waals surface area contributed by atoms with E-state index in [2.05, 4.69) is 4.98 Å². The monoisotopic (exact) mass is 262 g/mol. The Morgan fingerprint density at radius 2 is 2.21 bits per heavy atom. The summed E-state index contributed by atoms with van der Waals surface area (Å²) in [4.78, 5) is 3.95. The van der Waals surface area contributed by atoms with Gasteiger partial charge in [0, 0.05) is 24.5 Å². The molecule has 0 amide bonds. The largest absolute Gasteiger partial charge is 0.494 e. The lowest BCUT2D eigenvalue weighted by molar-refractivity contribution is 0.178. The summed E-state index contributed by atoms with van der Waals surface area (Å²) >= 11 is 0. The van der Waals surface area contributed by atoms with E-state index in [0.717, 1.165) is 5.56 Å². The zero-order valence-electron chi connectivity index (χ0n) is 10.5. The number of rotatable bonds is 4. The van der Waals surface area contributed by atoms with Crippen LogP contribution in [0.4, 0.5) is 10.1 Å². The van der Waals surface area contributed by atoms with Crippen LogP contribution in [-0.4, -0.2) is 17.2 Å². The van der Waals surface area contributed by atoms with Gasteiger partial charge in [-0.25, -0.2) is 4.39 Å². The van der Waals surface area contributed by atoms with Gasteiger partial charge in [0.05, 0.1) is 13.2 Å². The highest BCUT2D eigenvalue weighted by Crippen LogP contribution is 2.25. The molecule has 2 aromatic rings. The van der Waals surface area contributed by atoms with Crippen molar-refractivity contribution >= 4 is 5.69 Å². The molecule has 0 spiro atoms. The molecule has 1 atom stereocenters. The van der Waals surface area contributed by atoms with Gasteiger partial charge in [-0.15, -0.1) is 0 Å². The molecule has 0 aliphatic heterocycles. The van der Waals surface area contributed by atoms with Gasteiger partial charge in [-0.1, -0.05) is 6.07 Å². The van der Waals surface area contributed by atoms with Crippen molar-refractivity contribution in [3.8, 4) is 5.75 Å². The number of benzene rings is 1. The molecule has 1 heterocycles. The second-order valence-corrected chi connectivity index (χ2v) is 4.19. The number of pyridine rings is 1. The Bertz CT molecular complexity index is 575. The zero-order chi connectivity index (χ0) is 13.8. The Balaban J connectivity index is 2.18. The molecule has 1 aromatic carbocycles. The summed E-state index contributed by atoms with van der Waals surface area (Å²) in [5.74, 6) is -0.352. The van der Waals surface area contributed by atoms with Gasteiger partial charge in [-0.3, -0.25) is 4.98 Å². The van der Waals surface area contributed by atoms with Gasteiger partial charge >= 0.3 is 0 Å². The highest BCUT2D eigenvalue weighted by Gasteiger charge is 2.13. The van der Waals surface area contributed by atoms with Gasteiger partial charge in [-0.2, -0.15) is 0 Å². The second kappa shape index (κ2) is 5.67. The summed E-state index contributed by atoms with van der Waals surface area (Å²) in [5.41, 5.74) is 7.54. The van der Waals surface area contributed by atoms with Crippen molar-refractivity contribution in [1.29, 1.82) is 0 Å². The van der Waals surface area contributed by atoms with Crippen LogP contribution in [0.5, 0.6) is 5.75 Å². The van der Waals surface area contributed by atoms with Crippen LogP contribution < -0.4 is 10.5 Å². The van der Waals surface area contributed by atoms with Crippen molar-refractivity contribution in [1.82, 2.24) is 4.98 Å². The minimum Gasteiger partial charge on any atom is -0.494 e. The van der Waals surface area contributed by atoms with Gasteiger partial charge in [0.1, 0.15) is 0 Å². The summed E-state index contributed by atoms with van der Waals surface area (Å²) < 4.78 is 18.4. The van der Waals surface area contributed by atoms with E-state index in [9.17, 15) is 9.50 Å². The lowest BCUT2D eigenvalue weighted by atomic mass is 10.0. The highest BCUT2D eigenvalue weighted by molar-refractivity contribution is 5.45. The average Bonchev–Trinajstić information content (AvgIpc) is 2.41. The molecule has 0 fully saturated rings. The minimum absolute atomic E-state index is 0.150. The Kier molecular flexibility index (Phi) is 3.97. The van der Waals surface area contributed by atoms with Crippen LogP contribution in [0.2, 0.25) is 0 Å². The first-order chi connectivity index (χ1) is 9.11. The number of hydrogen-bond acceptors (Lipinski definition) is 4. The molecule has 0 saturated carbocycles. The van der Waals surface area contributed by atoms with Crippen LogP contribution in [0.1, 0.15) is 17.2 Å². The third kappa shape index (κ3) is 3.00. The standard InChI is InChI=1S/C14H15FN2O2/c1-19-14-3-2-9(6-11(14)15)13(18)7-10-8-17-5-4-12(10)16/h2-6,8,13,18H,7H2,1H3,(H2,16,17). The first-order valence-electron chi connectivity index (χ1n) is 5.81. The fraction of sp³-hybridized carbons (Fsp3) is 0.214. The lowest BCUT2D eigenvalue weighted by Gasteiger charge is -2.13. The van der Waals surface area contributed by atoms with Crippen LogP contribution in [0.25, 0.3) is 0 Å². The van der Waals surface area contributed by atoms with Crippen LogP contribution >= 0.6 is 0 Å². The van der Waals surface area contributed by atoms with E-state index in [1.807, 2.05) is 0 Å². The van der Waals surface area contributed by atoms with Crippen LogP contribution in [-0.2, 0) is 6.42 Å². The van der Waals surface area contributed by atoms with Crippen molar-refractivity contribution in [2.45, 2.75) is 12.5 Å². The van der Waals surface area contributed by atoms with Crippen molar-refractivity contribution in [3.05, 3.63) is 53.6 Å². The molecule has 5 heteroatoms. The molecule has 0 aliphatic rings. The molecule has 1 aromatic heterocycles. The quantitative estimate of drug-likeness (QED) is 0.885. The number of anilines is 1. The van der Waals surface area contributed by atoms with Crippen molar-refractivity contribution in [2.75, 3.05) is 12.8 Å². The van der Waals surface area contributed by atoms with E-state index in [-0.39, 0.29) is 12.2 Å². The molecule has 1 unspecified atom stereocenters. The van der Waals surface area contributed by atoms with Crippen molar-refractivity contribution in [3.63, 3.8) is 0 Å². The summed E-state index contributed by atoms with van der Waals surface area (Å²) in [6.07, 6.45) is 2.62. The zero-order valence-corrected chi connectivity index (χ0v) is 10.5. The first kappa shape index (κ1) is 13.3. The molecule has 0 radical (unpaired) electrons. The van der Waals surface area contributed by atoms with E-state index < -0.39 is 11.9 Å². The Morgan fingerprint density at radius 1 is 1.42 bits per heavy atom. The number of aliphatic hydroxyl groups is 1. The molecule has 2 rings (SSSR count). The summed E-state index contributed by atoms with van der Waals surface area (Å²) in [6.45, 7) is 0. The maximum atomic E-state index is 13.6. The number of hydrogen-bond donors (Lipinski definition) is 2. The summed E-state index contributed by atoms with van der Waals surface area (Å²) in [6, 6.07) is 6.03. The predicted octanol–water partition coefficient (Wildman–Crippen LogP) is 2.09. The molecule has 3 N–H and O–H groups in total. The summed E-state index contributed by atoms with van der Waals surface area (Å²) in [5, 5.41) is 10.1.